The van der Waals surface area contributed by atoms with Gasteiger partial charge in [0.25, 0.3) is 0 Å². The number of rotatable bonds is 8. The Morgan fingerprint density at radius 3 is 2.00 bits per heavy atom. The van der Waals surface area contributed by atoms with Crippen molar-refractivity contribution in [3.63, 3.8) is 0 Å². The first-order valence-electron chi connectivity index (χ1n) is 8.03. The van der Waals surface area contributed by atoms with E-state index < -0.39 is 42.4 Å². The van der Waals surface area contributed by atoms with Crippen molar-refractivity contribution in [3.8, 4) is 0 Å². The molecule has 0 spiro atoms. The average molecular weight is 672 g/mol. The number of anilines is 1. The van der Waals surface area contributed by atoms with Gasteiger partial charge in [0.15, 0.2) is 0 Å². The zero-order chi connectivity index (χ0) is 22.4. The number of hydrogen-bond acceptors (Lipinski definition) is 6. The Morgan fingerprint density at radius 1 is 1.03 bits per heavy atom. The van der Waals surface area contributed by atoms with Crippen LogP contribution in [-0.4, -0.2) is 64.3 Å². The molecular weight excluding hydrogens is 651 g/mol. The Hall–Kier alpha value is -0.936. The van der Waals surface area contributed by atoms with E-state index in [2.05, 4.69) is 55.9 Å². The molecule has 6 N–H and O–H groups in total. The van der Waals surface area contributed by atoms with E-state index in [0.717, 1.165) is 0 Å². The number of carboxylic acid groups (broad SMARTS) is 1. The summed E-state index contributed by atoms with van der Waals surface area (Å²) >= 11 is 4.74. The molecule has 1 aromatic carbocycles. The predicted molar refractivity (Wildman–Crippen MR) is 118 cm³/mol. The van der Waals surface area contributed by atoms with Crippen LogP contribution >= 0.6 is 40.0 Å². The van der Waals surface area contributed by atoms with Crippen molar-refractivity contribution in [3.05, 3.63) is 29.8 Å². The van der Waals surface area contributed by atoms with Crippen LogP contribution in [0.4, 0.5) is 5.69 Å². The van der Waals surface area contributed by atoms with Crippen molar-refractivity contribution < 1.29 is 44.0 Å². The molecule has 13 heteroatoms. The molecule has 0 aromatic heterocycles. The molecule has 0 bridgehead atoms. The fourth-order valence-corrected chi connectivity index (χ4v) is 2.10. The van der Waals surface area contributed by atoms with Crippen molar-refractivity contribution in [1.82, 2.24) is 10.6 Å². The topological polar surface area (TPSA) is 165 Å². The van der Waals surface area contributed by atoms with Gasteiger partial charge in [-0.2, -0.15) is 0 Å². The summed E-state index contributed by atoms with van der Waals surface area (Å²) in [6, 6.07) is 4.40. The average Bonchev–Trinajstić information content (AvgIpc) is 2.67. The number of carboxylic acids is 1. The van der Waals surface area contributed by atoms with E-state index in [1.54, 1.807) is 12.1 Å². The summed E-state index contributed by atoms with van der Waals surface area (Å²) in [7, 11) is 0.628. The van der Waals surface area contributed by atoms with Crippen LogP contribution < -0.4 is 16.0 Å². The maximum atomic E-state index is 12.0. The van der Waals surface area contributed by atoms with Gasteiger partial charge in [0.05, 0.1) is 19.3 Å². The van der Waals surface area contributed by atoms with Gasteiger partial charge >= 0.3 is 61.3 Å². The van der Waals surface area contributed by atoms with Gasteiger partial charge in [0.1, 0.15) is 6.04 Å². The molecule has 0 aliphatic carbocycles. The van der Waals surface area contributed by atoms with Crippen LogP contribution in [0.1, 0.15) is 12.5 Å². The molecule has 29 heavy (non-hydrogen) atoms. The summed E-state index contributed by atoms with van der Waals surface area (Å²) in [5.74, 6) is -3.87. The van der Waals surface area contributed by atoms with E-state index in [4.69, 9.17) is 10.2 Å². The molecule has 0 radical (unpaired) electrons. The van der Waals surface area contributed by atoms with Gasteiger partial charge in [-0.15, -0.1) is 0 Å². The van der Waals surface area contributed by atoms with E-state index >= 15 is 0 Å². The molecule has 2 atom stereocenters. The molecule has 0 aliphatic heterocycles. The van der Waals surface area contributed by atoms with Gasteiger partial charge in [-0.25, -0.2) is 4.79 Å². The van der Waals surface area contributed by atoms with Crippen LogP contribution in [0.5, 0.6) is 0 Å². The first-order chi connectivity index (χ1) is 13.7. The third-order valence-electron chi connectivity index (χ3n) is 3.33. The molecule has 161 valence electrons. The number of nitrogens with one attached hydrogen (secondary N) is 3. The van der Waals surface area contributed by atoms with Crippen LogP contribution in [0.3, 0.4) is 0 Å². The first kappa shape index (κ1) is 28.1. The number of halogens is 2. The Balaban J connectivity index is 0.00000245. The number of carbonyl (C=O) groups is 4. The quantitative estimate of drug-likeness (QED) is 0.167. The molecule has 0 saturated heterocycles. The van der Waals surface area contributed by atoms with Gasteiger partial charge < -0.3 is 31.3 Å². The molecule has 10 nitrogen and oxygen atoms in total. The molecule has 0 saturated carbocycles. The SMILES string of the molecule is CC(=O)N[C@H](CO)C(=O)N[C@H](CO)Cc1ccc(NC(=O)C(=O)O)cc1.[I][V][I]. The van der Waals surface area contributed by atoms with Crippen LogP contribution in [0.2, 0.25) is 0 Å². The summed E-state index contributed by atoms with van der Waals surface area (Å²) in [4.78, 5) is 44.6. The molecule has 0 unspecified atom stereocenters. The molecule has 0 fully saturated rings. The van der Waals surface area contributed by atoms with Crippen molar-refractivity contribution in [1.29, 1.82) is 0 Å². The summed E-state index contributed by atoms with van der Waals surface area (Å²) in [6.45, 7) is 0.257. The second-order valence-electron chi connectivity index (χ2n) is 5.55. The second-order valence-corrected chi connectivity index (χ2v) is 17.3. The van der Waals surface area contributed by atoms with Crippen molar-refractivity contribution >= 4 is 69.3 Å². The standard InChI is InChI=1S/C16H21N3O7.2HI.V/c1-9(22)17-13(8-21)14(23)19-12(7-20)6-10-2-4-11(5-3-10)18-15(24)16(25)26;;;/h2-5,12-13,20-21H,6-8H2,1H3,(H,17,22)(H,18,24)(H,19,23)(H,25,26);2*1H;/q;;;+2/p-2/t12-,13+;;;/m0.../s1. The van der Waals surface area contributed by atoms with E-state index in [1.165, 1.54) is 19.1 Å². The maximum absolute atomic E-state index is 12.0. The predicted octanol–water partition coefficient (Wildman–Crippen LogP) is -0.00480. The van der Waals surface area contributed by atoms with Crippen LogP contribution in [-0.2, 0) is 35.1 Å². The van der Waals surface area contributed by atoms with Crippen molar-refractivity contribution in [2.24, 2.45) is 0 Å². The molecular formula is C16H21I2N3O7V. The number of benzene rings is 1. The first-order valence-corrected chi connectivity index (χ1v) is 17.0. The molecule has 0 heterocycles. The third-order valence-corrected chi connectivity index (χ3v) is 3.33. The van der Waals surface area contributed by atoms with Gasteiger partial charge in [0, 0.05) is 12.6 Å². The van der Waals surface area contributed by atoms with Gasteiger partial charge in [-0.3, -0.25) is 14.4 Å². The number of amides is 3. The molecule has 1 rings (SSSR count). The zero-order valence-electron chi connectivity index (χ0n) is 15.3. The van der Waals surface area contributed by atoms with E-state index in [-0.39, 0.29) is 18.7 Å². The second kappa shape index (κ2) is 15.8. The Kier molecular flexibility index (Phi) is 15.3. The number of aliphatic hydroxyl groups is 2. The van der Waals surface area contributed by atoms with Gasteiger partial charge in [0.2, 0.25) is 11.8 Å². The fourth-order valence-electron chi connectivity index (χ4n) is 2.10. The van der Waals surface area contributed by atoms with Crippen molar-refractivity contribution in [2.75, 3.05) is 18.5 Å². The Morgan fingerprint density at radius 2 is 1.59 bits per heavy atom. The monoisotopic (exact) mass is 672 g/mol. The minimum absolute atomic E-state index is 0.244. The third kappa shape index (κ3) is 12.4. The zero-order valence-corrected chi connectivity index (χ0v) is 21.0. The molecule has 3 amide bonds. The summed E-state index contributed by atoms with van der Waals surface area (Å²) in [5.41, 5.74) is 0.995. The summed E-state index contributed by atoms with van der Waals surface area (Å²) in [5, 5.41) is 34.1. The van der Waals surface area contributed by atoms with Crippen LogP contribution in [0.25, 0.3) is 0 Å². The van der Waals surface area contributed by atoms with Gasteiger partial charge in [-0.05, 0) is 24.1 Å². The van der Waals surface area contributed by atoms with Crippen molar-refractivity contribution in [2.45, 2.75) is 25.4 Å². The minimum atomic E-state index is -1.60. The van der Waals surface area contributed by atoms with Gasteiger partial charge in [-0.1, -0.05) is 12.1 Å². The number of carbonyl (C=O) groups excluding carboxylic acids is 3. The Bertz CT molecular complexity index is 692. The Labute approximate surface area is 196 Å². The fraction of sp³-hybridized carbons (Fsp3) is 0.375. The normalized spacial score (nSPS) is 11.8. The van der Waals surface area contributed by atoms with Crippen LogP contribution in [0.15, 0.2) is 24.3 Å². The summed E-state index contributed by atoms with van der Waals surface area (Å²) in [6.07, 6.45) is 0.244. The molecule has 0 aliphatic rings. The number of aliphatic carboxylic acids is 1. The van der Waals surface area contributed by atoms with E-state index in [9.17, 15) is 24.3 Å². The molecule has 1 aromatic rings. The number of hydrogen-bond donors (Lipinski definition) is 6. The summed E-state index contributed by atoms with van der Waals surface area (Å²) < 4.78 is 0. The van der Waals surface area contributed by atoms with E-state index in [0.29, 0.717) is 15.0 Å². The number of aliphatic hydroxyl groups excluding tert-OH is 2. The van der Waals surface area contributed by atoms with Crippen LogP contribution in [0, 0.1) is 0 Å². The van der Waals surface area contributed by atoms with E-state index in [1.807, 2.05) is 0 Å².